The molecule has 0 aromatic heterocycles. The quantitative estimate of drug-likeness (QED) is 0.0543. The SMILES string of the molecule is CCCCCCCC(=O)CCCCCCCC[C@](C)(C(=O)N[C@@H](Cc1ccc(OCCCC)cc1)C(=O)OC)[C@](O)(C(N)=O)C(=O)O. The molecule has 11 heteroatoms. The van der Waals surface area contributed by atoms with Gasteiger partial charge in [-0.2, -0.15) is 0 Å². The Hall–Kier alpha value is -3.47. The van der Waals surface area contributed by atoms with Crippen LogP contribution in [0.1, 0.15) is 129 Å². The number of hydrogen-bond donors (Lipinski definition) is 4. The number of carbonyl (C=O) groups is 5. The average Bonchev–Trinajstić information content (AvgIpc) is 3.05. The van der Waals surface area contributed by atoms with Crippen LogP contribution in [0.5, 0.6) is 5.75 Å². The Morgan fingerprint density at radius 3 is 1.87 bits per heavy atom. The number of carbonyl (C=O) groups excluding carboxylic acids is 4. The molecule has 47 heavy (non-hydrogen) atoms. The number of aliphatic hydroxyl groups is 1. The number of amides is 2. The van der Waals surface area contributed by atoms with E-state index >= 15 is 0 Å². The molecule has 0 unspecified atom stereocenters. The fourth-order valence-electron chi connectivity index (χ4n) is 5.58. The summed E-state index contributed by atoms with van der Waals surface area (Å²) in [7, 11) is 1.16. The first-order valence-electron chi connectivity index (χ1n) is 17.2. The van der Waals surface area contributed by atoms with E-state index in [9.17, 15) is 34.2 Å². The molecular weight excluding hydrogens is 604 g/mol. The number of carboxylic acid groups (broad SMARTS) is 1. The van der Waals surface area contributed by atoms with Crippen LogP contribution >= 0.6 is 0 Å². The number of methoxy groups -OCH3 is 1. The van der Waals surface area contributed by atoms with Crippen molar-refractivity contribution in [3.05, 3.63) is 29.8 Å². The van der Waals surface area contributed by atoms with E-state index in [1.54, 1.807) is 24.3 Å². The molecule has 0 saturated carbocycles. The molecule has 0 bridgehead atoms. The van der Waals surface area contributed by atoms with Crippen molar-refractivity contribution >= 4 is 29.5 Å². The minimum atomic E-state index is -3.23. The summed E-state index contributed by atoms with van der Waals surface area (Å²) in [6.07, 6.45) is 12.7. The van der Waals surface area contributed by atoms with Crippen LogP contribution in [-0.2, 0) is 35.1 Å². The fraction of sp³-hybridized carbons (Fsp3) is 0.694. The van der Waals surface area contributed by atoms with Gasteiger partial charge in [-0.25, -0.2) is 9.59 Å². The van der Waals surface area contributed by atoms with E-state index in [1.807, 2.05) is 0 Å². The second-order valence-corrected chi connectivity index (χ2v) is 12.6. The third-order valence-electron chi connectivity index (χ3n) is 8.83. The number of unbranched alkanes of at least 4 members (excludes halogenated alkanes) is 10. The van der Waals surface area contributed by atoms with Gasteiger partial charge in [0.05, 0.1) is 19.1 Å². The lowest BCUT2D eigenvalue weighted by Gasteiger charge is -2.39. The summed E-state index contributed by atoms with van der Waals surface area (Å²) in [4.78, 5) is 63.1. The van der Waals surface area contributed by atoms with E-state index in [1.165, 1.54) is 26.2 Å². The first-order chi connectivity index (χ1) is 22.4. The van der Waals surface area contributed by atoms with E-state index in [4.69, 9.17) is 15.2 Å². The van der Waals surface area contributed by atoms with Crippen LogP contribution in [0, 0.1) is 5.41 Å². The lowest BCUT2D eigenvalue weighted by atomic mass is 9.68. The Bertz CT molecular complexity index is 1110. The number of rotatable bonds is 27. The fourth-order valence-corrected chi connectivity index (χ4v) is 5.58. The van der Waals surface area contributed by atoms with E-state index < -0.39 is 40.8 Å². The van der Waals surface area contributed by atoms with Crippen molar-refractivity contribution in [1.82, 2.24) is 5.32 Å². The third kappa shape index (κ3) is 13.7. The molecule has 5 N–H and O–H groups in total. The highest BCUT2D eigenvalue weighted by Gasteiger charge is 2.62. The number of esters is 1. The van der Waals surface area contributed by atoms with Crippen molar-refractivity contribution in [2.75, 3.05) is 13.7 Å². The summed E-state index contributed by atoms with van der Waals surface area (Å²) in [6, 6.07) is 5.74. The Labute approximate surface area is 280 Å². The Balaban J connectivity index is 2.85. The predicted molar refractivity (Wildman–Crippen MR) is 180 cm³/mol. The molecule has 0 fully saturated rings. The van der Waals surface area contributed by atoms with Gasteiger partial charge in [0, 0.05) is 19.3 Å². The molecule has 1 aromatic rings. The predicted octanol–water partition coefficient (Wildman–Crippen LogP) is 5.42. The molecule has 0 aliphatic rings. The van der Waals surface area contributed by atoms with Gasteiger partial charge in [-0.05, 0) is 50.3 Å². The highest BCUT2D eigenvalue weighted by Crippen LogP contribution is 2.38. The number of nitrogens with two attached hydrogens (primary N) is 1. The van der Waals surface area contributed by atoms with E-state index in [2.05, 4.69) is 19.2 Å². The standard InChI is InChI=1S/C36H58N2O9/c1-5-7-9-12-15-18-28(39)19-16-13-10-11-14-17-24-35(3,36(45,32(37)41)34(43)44)33(42)38-30(31(40)46-4)26-27-20-22-29(23-21-27)47-25-8-6-2/h20-23,30,45H,5-19,24-26H2,1-4H3,(H2,37,41)(H,38,42)(H,43,44)/t30-,35+,36-/m0/s1. The van der Waals surface area contributed by atoms with Gasteiger partial charge in [-0.3, -0.25) is 14.4 Å². The van der Waals surface area contributed by atoms with Gasteiger partial charge in [0.2, 0.25) is 5.91 Å². The molecule has 0 aliphatic heterocycles. The topological polar surface area (TPSA) is 182 Å². The maximum Gasteiger partial charge on any atom is 0.346 e. The molecule has 3 atom stereocenters. The number of primary amides is 1. The smallest absolute Gasteiger partial charge is 0.346 e. The number of ketones is 1. The van der Waals surface area contributed by atoms with Crippen LogP contribution in [-0.4, -0.2) is 65.1 Å². The maximum absolute atomic E-state index is 13.7. The molecule has 1 rings (SSSR count). The van der Waals surface area contributed by atoms with Crippen molar-refractivity contribution < 1.29 is 43.7 Å². The first-order valence-corrected chi connectivity index (χ1v) is 17.2. The van der Waals surface area contributed by atoms with Crippen molar-refractivity contribution in [3.8, 4) is 5.75 Å². The number of carboxylic acids is 1. The lowest BCUT2D eigenvalue weighted by Crippen LogP contribution is -2.67. The molecule has 2 amide bonds. The number of hydrogen-bond acceptors (Lipinski definition) is 8. The summed E-state index contributed by atoms with van der Waals surface area (Å²) in [5, 5.41) is 23.5. The first kappa shape index (κ1) is 41.6. The Morgan fingerprint density at radius 2 is 1.36 bits per heavy atom. The summed E-state index contributed by atoms with van der Waals surface area (Å²) in [6.45, 7) is 5.96. The number of aliphatic carboxylic acids is 1. The zero-order chi connectivity index (χ0) is 35.3. The van der Waals surface area contributed by atoms with Crippen LogP contribution in [0.3, 0.4) is 0 Å². The van der Waals surface area contributed by atoms with Gasteiger partial charge in [0.1, 0.15) is 17.6 Å². The van der Waals surface area contributed by atoms with Crippen LogP contribution in [0.4, 0.5) is 0 Å². The largest absolute Gasteiger partial charge is 0.494 e. The average molecular weight is 663 g/mol. The minimum Gasteiger partial charge on any atom is -0.494 e. The van der Waals surface area contributed by atoms with Gasteiger partial charge in [-0.1, -0.05) is 90.2 Å². The van der Waals surface area contributed by atoms with Crippen LogP contribution in [0.2, 0.25) is 0 Å². The molecule has 0 radical (unpaired) electrons. The second-order valence-electron chi connectivity index (χ2n) is 12.6. The van der Waals surface area contributed by atoms with Crippen molar-refractivity contribution in [2.45, 2.75) is 142 Å². The van der Waals surface area contributed by atoms with Gasteiger partial charge < -0.3 is 30.7 Å². The monoisotopic (exact) mass is 662 g/mol. The number of Topliss-reactive ketones (excluding diaryl/α,β-unsaturated/α-hetero) is 1. The normalized spacial score (nSPS) is 14.3. The van der Waals surface area contributed by atoms with E-state index in [0.717, 1.165) is 58.5 Å². The van der Waals surface area contributed by atoms with Crippen molar-refractivity contribution in [3.63, 3.8) is 0 Å². The van der Waals surface area contributed by atoms with Crippen molar-refractivity contribution in [2.24, 2.45) is 11.1 Å². The third-order valence-corrected chi connectivity index (χ3v) is 8.83. The van der Waals surface area contributed by atoms with Gasteiger partial charge in [0.15, 0.2) is 0 Å². The molecule has 0 spiro atoms. The zero-order valence-corrected chi connectivity index (χ0v) is 28.9. The molecule has 266 valence electrons. The minimum absolute atomic E-state index is 0.00711. The van der Waals surface area contributed by atoms with Gasteiger partial charge in [-0.15, -0.1) is 0 Å². The van der Waals surface area contributed by atoms with Crippen LogP contribution in [0.25, 0.3) is 0 Å². The molecule has 0 heterocycles. The summed E-state index contributed by atoms with van der Waals surface area (Å²) >= 11 is 0. The highest BCUT2D eigenvalue weighted by atomic mass is 16.5. The maximum atomic E-state index is 13.7. The van der Waals surface area contributed by atoms with Gasteiger partial charge in [0.25, 0.3) is 11.5 Å². The Morgan fingerprint density at radius 1 is 0.830 bits per heavy atom. The summed E-state index contributed by atoms with van der Waals surface area (Å²) in [5.41, 5.74) is 0.616. The molecule has 0 saturated heterocycles. The second kappa shape index (κ2) is 22.2. The summed E-state index contributed by atoms with van der Waals surface area (Å²) < 4.78 is 10.6. The van der Waals surface area contributed by atoms with Gasteiger partial charge >= 0.3 is 11.9 Å². The molecule has 0 aliphatic carbocycles. The molecular formula is C36H58N2O9. The van der Waals surface area contributed by atoms with E-state index in [-0.39, 0.29) is 12.8 Å². The van der Waals surface area contributed by atoms with Crippen LogP contribution in [0.15, 0.2) is 24.3 Å². The highest BCUT2D eigenvalue weighted by molar-refractivity contribution is 6.10. The number of benzene rings is 1. The lowest BCUT2D eigenvalue weighted by molar-refractivity contribution is -0.185. The molecule has 1 aromatic carbocycles. The summed E-state index contributed by atoms with van der Waals surface area (Å²) in [5.74, 6) is -4.37. The van der Waals surface area contributed by atoms with E-state index in [0.29, 0.717) is 49.4 Å². The molecule has 11 nitrogen and oxygen atoms in total. The number of nitrogens with one attached hydrogen (secondary N) is 1. The number of ether oxygens (including phenoxy) is 2. The van der Waals surface area contributed by atoms with Crippen LogP contribution < -0.4 is 15.8 Å². The Kier molecular flexibility index (Phi) is 19.6. The zero-order valence-electron chi connectivity index (χ0n) is 28.9. The van der Waals surface area contributed by atoms with Crippen molar-refractivity contribution in [1.29, 1.82) is 0 Å².